The second-order valence-electron chi connectivity index (χ2n) is 21.7. The van der Waals surface area contributed by atoms with Crippen molar-refractivity contribution in [1.82, 2.24) is 50.1 Å². The van der Waals surface area contributed by atoms with Gasteiger partial charge in [-0.3, -0.25) is 67.1 Å². The van der Waals surface area contributed by atoms with Crippen LogP contribution >= 0.6 is 7.60 Å². The van der Waals surface area contributed by atoms with E-state index in [1.807, 2.05) is 78.9 Å². The number of aryl methyl sites for hydroxylation is 1. The first-order valence-electron chi connectivity index (χ1n) is 27.9. The summed E-state index contributed by atoms with van der Waals surface area (Å²) in [6.45, 7) is 2.61. The zero-order valence-corrected chi connectivity index (χ0v) is 46.9. The van der Waals surface area contributed by atoms with Gasteiger partial charge in [-0.25, -0.2) is 4.79 Å². The van der Waals surface area contributed by atoms with Crippen molar-refractivity contribution in [2.75, 3.05) is 50.7 Å². The number of amides is 8. The number of carbonyl (C=O) groups is 9. The summed E-state index contributed by atoms with van der Waals surface area (Å²) in [5.74, 6) is -4.59. The molecule has 9 N–H and O–H groups in total. The number of aromatic nitrogens is 3. The number of hydrogen-bond donors (Lipinski definition) is 8. The molecule has 0 aliphatic carbocycles. The number of imide groups is 1. The summed E-state index contributed by atoms with van der Waals surface area (Å²) >= 11 is 0. The van der Waals surface area contributed by atoms with E-state index in [1.165, 1.54) is 43.2 Å². The van der Waals surface area contributed by atoms with Crippen molar-refractivity contribution in [3.63, 3.8) is 0 Å². The maximum absolute atomic E-state index is 15.1. The minimum absolute atomic E-state index is 0.0675. The molecule has 1 unspecified atom stereocenters. The molecule has 5 atom stereocenters. The molecule has 6 aromatic rings. The predicted octanol–water partition coefficient (Wildman–Crippen LogP) is 1.68. The fourth-order valence-corrected chi connectivity index (χ4v) is 12.4. The lowest BCUT2D eigenvalue weighted by molar-refractivity contribution is -0.145. The van der Waals surface area contributed by atoms with Crippen LogP contribution in [0.25, 0.3) is 21.9 Å². The highest BCUT2D eigenvalue weighted by molar-refractivity contribution is 7.70. The number of H-pyrrole nitrogens is 1. The van der Waals surface area contributed by atoms with E-state index in [9.17, 15) is 57.5 Å². The third kappa shape index (κ3) is 12.6. The molecule has 4 aliphatic heterocycles. The van der Waals surface area contributed by atoms with Gasteiger partial charge in [0.25, 0.3) is 11.4 Å². The Morgan fingerprint density at radius 3 is 2.14 bits per heavy atom. The number of hydrogen-bond acceptors (Lipinski definition) is 13. The van der Waals surface area contributed by atoms with Gasteiger partial charge in [0.1, 0.15) is 29.9 Å². The Labute approximate surface area is 481 Å². The molecule has 25 nitrogen and oxygen atoms in total. The van der Waals surface area contributed by atoms with Crippen molar-refractivity contribution < 1.29 is 57.5 Å². The first-order chi connectivity index (χ1) is 40.2. The van der Waals surface area contributed by atoms with Crippen molar-refractivity contribution in [2.45, 2.75) is 87.6 Å². The van der Waals surface area contributed by atoms with E-state index in [0.717, 1.165) is 16.8 Å². The Hall–Kier alpha value is -8.77. The minimum atomic E-state index is -5.14. The van der Waals surface area contributed by atoms with Gasteiger partial charge >= 0.3 is 13.3 Å². The molecule has 0 spiro atoms. The smallest absolute Gasteiger partial charge is 0.370 e. The molecule has 4 aromatic carbocycles. The first-order valence-corrected chi connectivity index (χ1v) is 29.5. The zero-order valence-electron chi connectivity index (χ0n) is 46.0. The largest absolute Gasteiger partial charge is 0.396 e. The standard InChI is InChI=1S/C58H65N12O13P/c1-65-47-32-39(14-17-44(47)70(58(65)80)46-19-21-49(72)63-55(46)77)67-28-26-66(27-29-67)24-23-50(73)68-25-22-38-13-18-45(54(76)61-41(16-20-48(59)71)52(74)64-51(34-8-4-2-5-9-34)35-10-6-3-7-11-35)69(38)56(78)43(33-68)62-53(75)42-31-37-30-36(12-15-40(37)60-42)57(79)84(81,82)83/h2-12,14-15,17,30-32,38,41,43,45-46,51,60H,13,16,18-29,33H2,1H3,(H2,59,71)(H,61,76)(H,62,75)(H,64,74)(H,63,72,77)(H2,81,82,83)/t38-,41+,43+,45+,46?/m1/s1. The van der Waals surface area contributed by atoms with Crippen LogP contribution in [-0.2, 0) is 45.2 Å². The highest BCUT2D eigenvalue weighted by atomic mass is 31.2. The van der Waals surface area contributed by atoms with E-state index in [0.29, 0.717) is 55.7 Å². The summed E-state index contributed by atoms with van der Waals surface area (Å²) in [4.78, 5) is 164. The van der Waals surface area contributed by atoms with Crippen LogP contribution in [0.3, 0.4) is 0 Å². The second kappa shape index (κ2) is 24.6. The Bertz CT molecular complexity index is 3640. The maximum atomic E-state index is 15.1. The molecule has 4 saturated heterocycles. The third-order valence-electron chi connectivity index (χ3n) is 16.4. The van der Waals surface area contributed by atoms with Gasteiger partial charge in [-0.1, -0.05) is 60.7 Å². The maximum Gasteiger partial charge on any atom is 0.396 e. The SMILES string of the molecule is Cn1c(=O)n(C2CCC(=O)NC2=O)c2ccc(N3CCN(CCC(=O)N4CC[C@H]5CC[C@@H](C(=O)N[C@@H](CCC(N)=O)C(=O)NC(c6ccccc6)c6ccccc6)N5C(=O)[C@@H](NC(=O)c5cc6cc(C(=O)P(=O)(O)O)ccc6[nH]5)C4)CC3)cc21. The predicted molar refractivity (Wildman–Crippen MR) is 306 cm³/mol. The van der Waals surface area contributed by atoms with Gasteiger partial charge in [0.2, 0.25) is 41.4 Å². The summed E-state index contributed by atoms with van der Waals surface area (Å²) in [7, 11) is -3.50. The molecule has 26 heteroatoms. The first kappa shape index (κ1) is 58.4. The molecule has 4 aliphatic rings. The van der Waals surface area contributed by atoms with Crippen LogP contribution in [0.2, 0.25) is 0 Å². The number of carbonyl (C=O) groups excluding carboxylic acids is 9. The Morgan fingerprint density at radius 2 is 1.48 bits per heavy atom. The quantitative estimate of drug-likeness (QED) is 0.0448. The lowest BCUT2D eigenvalue weighted by Gasteiger charge is -2.39. The molecule has 84 heavy (non-hydrogen) atoms. The Morgan fingerprint density at radius 1 is 0.774 bits per heavy atom. The molecule has 440 valence electrons. The van der Waals surface area contributed by atoms with Gasteiger partial charge in [0, 0.05) is 100 Å². The van der Waals surface area contributed by atoms with Crippen molar-refractivity contribution in [1.29, 1.82) is 0 Å². The zero-order chi connectivity index (χ0) is 59.6. The Kier molecular flexibility index (Phi) is 17.1. The van der Waals surface area contributed by atoms with Crippen LogP contribution in [-0.4, -0.2) is 161 Å². The average Bonchev–Trinajstić information content (AvgIpc) is 2.53. The monoisotopic (exact) mass is 1170 g/mol. The number of rotatable bonds is 18. The molecule has 8 amide bonds. The highest BCUT2D eigenvalue weighted by Gasteiger charge is 2.46. The van der Waals surface area contributed by atoms with Crippen LogP contribution in [0.4, 0.5) is 5.69 Å². The van der Waals surface area contributed by atoms with Gasteiger partial charge in [-0.15, -0.1) is 0 Å². The molecule has 0 saturated carbocycles. The molecule has 0 bridgehead atoms. The third-order valence-corrected chi connectivity index (χ3v) is 17.2. The lowest BCUT2D eigenvalue weighted by Crippen LogP contribution is -2.62. The van der Waals surface area contributed by atoms with Crippen LogP contribution in [0.15, 0.2) is 108 Å². The number of nitrogens with zero attached hydrogens (tertiary/aromatic N) is 6. The highest BCUT2D eigenvalue weighted by Crippen LogP contribution is 2.40. The van der Waals surface area contributed by atoms with Crippen molar-refractivity contribution in [3.8, 4) is 0 Å². The van der Waals surface area contributed by atoms with E-state index in [4.69, 9.17) is 5.73 Å². The molecule has 6 heterocycles. The number of piperidine rings is 1. The average molecular weight is 1170 g/mol. The summed E-state index contributed by atoms with van der Waals surface area (Å²) in [5.41, 5.74) is 7.35. The molecule has 4 fully saturated rings. The van der Waals surface area contributed by atoms with Crippen molar-refractivity contribution in [3.05, 3.63) is 136 Å². The normalized spacial score (nSPS) is 20.0. The van der Waals surface area contributed by atoms with Gasteiger partial charge in [0.15, 0.2) is 0 Å². The Balaban J connectivity index is 0.842. The number of fused-ring (bicyclic) bond motifs is 3. The van der Waals surface area contributed by atoms with E-state index >= 15 is 4.79 Å². The topological polar surface area (TPSA) is 341 Å². The van der Waals surface area contributed by atoms with Crippen LogP contribution in [0.1, 0.15) is 95.4 Å². The molecule has 2 aromatic heterocycles. The second-order valence-corrected chi connectivity index (χ2v) is 23.2. The fraction of sp³-hybridized carbons (Fsp3) is 0.379. The van der Waals surface area contributed by atoms with E-state index in [-0.39, 0.29) is 92.2 Å². The van der Waals surface area contributed by atoms with Gasteiger partial charge in [-0.05, 0) is 85.7 Å². The van der Waals surface area contributed by atoms with Gasteiger partial charge < -0.3 is 51.2 Å². The van der Waals surface area contributed by atoms with Crippen molar-refractivity contribution >= 4 is 88.0 Å². The summed E-state index contributed by atoms with van der Waals surface area (Å²) < 4.78 is 14.7. The number of aromatic amines is 1. The van der Waals surface area contributed by atoms with Gasteiger partial charge in [-0.2, -0.15) is 0 Å². The van der Waals surface area contributed by atoms with E-state index in [2.05, 4.69) is 36.1 Å². The number of imidazole rings is 1. The number of anilines is 1. The minimum Gasteiger partial charge on any atom is -0.370 e. The molecule has 0 radical (unpaired) electrons. The number of nitrogens with one attached hydrogen (secondary N) is 5. The number of nitrogens with two attached hydrogens (primary N) is 1. The number of primary amides is 1. The van der Waals surface area contributed by atoms with Crippen LogP contribution in [0, 0.1) is 0 Å². The lowest BCUT2D eigenvalue weighted by atomic mass is 9.98. The molecule has 10 rings (SSSR count). The number of benzene rings is 4. The number of piperazine rings is 1. The summed E-state index contributed by atoms with van der Waals surface area (Å²) in [6, 6.07) is 23.4. The fourth-order valence-electron chi connectivity index (χ4n) is 11.9. The van der Waals surface area contributed by atoms with Crippen molar-refractivity contribution in [2.24, 2.45) is 12.8 Å². The van der Waals surface area contributed by atoms with E-state index in [1.54, 1.807) is 7.05 Å². The molecular formula is C58H65N12O13P. The van der Waals surface area contributed by atoms with Crippen LogP contribution < -0.4 is 37.6 Å². The summed E-state index contributed by atoms with van der Waals surface area (Å²) in [6.07, 6.45) is 0.810. The summed E-state index contributed by atoms with van der Waals surface area (Å²) in [5, 5.41) is 11.2. The van der Waals surface area contributed by atoms with Crippen LogP contribution in [0.5, 0.6) is 0 Å². The van der Waals surface area contributed by atoms with Gasteiger partial charge in [0.05, 0.1) is 17.1 Å². The molecular weight excluding hydrogens is 1100 g/mol. The van der Waals surface area contributed by atoms with E-state index < -0.39 is 84.8 Å².